The average Bonchev–Trinajstić information content (AvgIpc) is 2.57. The summed E-state index contributed by atoms with van der Waals surface area (Å²) in [5, 5.41) is 87.4. The molecule has 86 heavy (non-hydrogen) atoms. The minimum atomic E-state index is -1.79. The van der Waals surface area contributed by atoms with Crippen LogP contribution in [0.25, 0.3) is 0 Å². The van der Waals surface area contributed by atoms with E-state index in [0.717, 1.165) is 44.9 Å². The maximum atomic E-state index is 13.3. The maximum absolute atomic E-state index is 13.3. The normalized spacial score (nSPS) is 23.6. The smallest absolute Gasteiger partial charge is 0.220 e. The highest BCUT2D eigenvalue weighted by molar-refractivity contribution is 5.76. The third-order valence-electron chi connectivity index (χ3n) is 17.8. The third kappa shape index (κ3) is 40.8. The summed E-state index contributed by atoms with van der Waals surface area (Å²) in [5.41, 5.74) is 0. The molecule has 2 fully saturated rings. The van der Waals surface area contributed by atoms with Gasteiger partial charge in [0, 0.05) is 6.42 Å². The Morgan fingerprint density at radius 1 is 0.407 bits per heavy atom. The van der Waals surface area contributed by atoms with Crippen LogP contribution in [0.2, 0.25) is 0 Å². The van der Waals surface area contributed by atoms with Crippen LogP contribution in [-0.4, -0.2) is 140 Å². The van der Waals surface area contributed by atoms with E-state index >= 15 is 0 Å². The molecule has 12 atom stereocenters. The molecule has 0 bridgehead atoms. The lowest BCUT2D eigenvalue weighted by atomic mass is 9.97. The maximum Gasteiger partial charge on any atom is 0.220 e. The number of rotatable bonds is 60. The van der Waals surface area contributed by atoms with Crippen molar-refractivity contribution in [2.45, 2.75) is 396 Å². The Labute approximate surface area is 525 Å². The minimum Gasteiger partial charge on any atom is -0.394 e. The highest BCUT2D eigenvalue weighted by Gasteiger charge is 2.51. The second-order valence-electron chi connectivity index (χ2n) is 25.7. The van der Waals surface area contributed by atoms with Crippen molar-refractivity contribution in [2.75, 3.05) is 19.8 Å². The molecule has 0 aromatic carbocycles. The number of carbonyl (C=O) groups excluding carboxylic acids is 1. The molecule has 0 aromatic heterocycles. The van der Waals surface area contributed by atoms with Gasteiger partial charge in [0.15, 0.2) is 12.6 Å². The molecule has 12 unspecified atom stereocenters. The molecule has 2 aliphatic heterocycles. The molecule has 9 N–H and O–H groups in total. The molecule has 1 amide bonds. The Balaban J connectivity index is 1.67. The number of allylic oxidation sites excluding steroid dienone is 5. The van der Waals surface area contributed by atoms with E-state index < -0.39 is 86.8 Å². The summed E-state index contributed by atoms with van der Waals surface area (Å²) < 4.78 is 22.8. The van der Waals surface area contributed by atoms with Crippen LogP contribution in [0.3, 0.4) is 0 Å². The second-order valence-corrected chi connectivity index (χ2v) is 25.7. The zero-order valence-corrected chi connectivity index (χ0v) is 55.1. The minimum absolute atomic E-state index is 0.247. The molecule has 14 nitrogen and oxygen atoms in total. The van der Waals surface area contributed by atoms with Crippen molar-refractivity contribution in [2.24, 2.45) is 0 Å². The van der Waals surface area contributed by atoms with Crippen molar-refractivity contribution in [3.8, 4) is 0 Å². The van der Waals surface area contributed by atoms with Gasteiger partial charge in [0.05, 0.1) is 32.0 Å². The number of hydrogen-bond acceptors (Lipinski definition) is 13. The summed E-state index contributed by atoms with van der Waals surface area (Å²) in [6.45, 7) is 2.83. The predicted octanol–water partition coefficient (Wildman–Crippen LogP) is 14.9. The quantitative estimate of drug-likeness (QED) is 0.0204. The van der Waals surface area contributed by atoms with Gasteiger partial charge in [0.25, 0.3) is 0 Å². The molecular weight excluding hydrogens is 1090 g/mol. The van der Waals surface area contributed by atoms with Crippen molar-refractivity contribution in [1.82, 2.24) is 5.32 Å². The Morgan fingerprint density at radius 3 is 1.14 bits per heavy atom. The van der Waals surface area contributed by atoms with Gasteiger partial charge in [-0.05, 0) is 44.9 Å². The lowest BCUT2D eigenvalue weighted by molar-refractivity contribution is -0.359. The lowest BCUT2D eigenvalue weighted by Gasteiger charge is -2.46. The van der Waals surface area contributed by atoms with Crippen LogP contribution in [0.5, 0.6) is 0 Å². The Morgan fingerprint density at radius 2 is 0.744 bits per heavy atom. The van der Waals surface area contributed by atoms with Crippen LogP contribution in [0, 0.1) is 0 Å². The molecule has 2 heterocycles. The molecule has 506 valence electrons. The van der Waals surface area contributed by atoms with E-state index in [9.17, 15) is 45.6 Å². The SMILES string of the molecule is CCCCCCCCCCCCCC/C=C/CC/C=C/CC/C=C/C(O)C(COC1OC(CO)C(OC2OC(CO)C(O)C(O)C2O)C(O)C1O)NC(=O)CCCCCCCCCCCCCCCCCCCCCCCCCCCCCCCC. The van der Waals surface area contributed by atoms with Crippen molar-refractivity contribution in [3.63, 3.8) is 0 Å². The molecule has 2 rings (SSSR count). The first-order valence-electron chi connectivity index (χ1n) is 36.2. The van der Waals surface area contributed by atoms with E-state index in [1.807, 2.05) is 6.08 Å². The van der Waals surface area contributed by atoms with Gasteiger partial charge < -0.3 is 65.1 Å². The first kappa shape index (κ1) is 80.3. The summed E-state index contributed by atoms with van der Waals surface area (Å²) in [4.78, 5) is 13.3. The van der Waals surface area contributed by atoms with E-state index in [1.165, 1.54) is 244 Å². The molecule has 0 radical (unpaired) electrons. The van der Waals surface area contributed by atoms with Crippen molar-refractivity contribution >= 4 is 5.91 Å². The van der Waals surface area contributed by atoms with Crippen LogP contribution >= 0.6 is 0 Å². The van der Waals surface area contributed by atoms with E-state index in [1.54, 1.807) is 6.08 Å². The number of nitrogens with one attached hydrogen (secondary N) is 1. The molecular formula is C72H135NO13. The molecule has 0 saturated carbocycles. The number of carbonyl (C=O) groups is 1. The number of aliphatic hydroxyl groups is 8. The predicted molar refractivity (Wildman–Crippen MR) is 351 cm³/mol. The molecule has 2 aliphatic rings. The molecule has 0 aliphatic carbocycles. The first-order chi connectivity index (χ1) is 42.1. The summed E-state index contributed by atoms with van der Waals surface area (Å²) in [6, 6.07) is -0.937. The number of unbranched alkanes of at least 4 members (excludes halogenated alkanes) is 43. The fourth-order valence-corrected chi connectivity index (χ4v) is 12.0. The zero-order chi connectivity index (χ0) is 62.3. The number of amides is 1. The zero-order valence-electron chi connectivity index (χ0n) is 55.1. The fraction of sp³-hybridized carbons (Fsp3) is 0.903. The topological polar surface area (TPSA) is 228 Å². The van der Waals surface area contributed by atoms with Gasteiger partial charge in [0.1, 0.15) is 48.8 Å². The summed E-state index contributed by atoms with van der Waals surface area (Å²) >= 11 is 0. The van der Waals surface area contributed by atoms with Crippen LogP contribution in [0.4, 0.5) is 0 Å². The standard InChI is InChI=1S/C72H135NO13/c1-3-5-7-9-11-13-15-17-19-21-23-25-27-28-29-30-31-32-33-34-36-38-40-42-44-46-48-50-52-54-56-64(77)73-60(59-83-71-69(82)67(80)70(63(58-75)85-71)86-72-68(81)66(79)65(78)62(57-74)84-72)61(76)55-53-51-49-47-45-43-41-39-37-35-26-24-22-20-18-16-14-12-10-8-6-4-2/h37,39,45,47,53,55,60-63,65-72,74-76,78-82H,3-36,38,40-44,46,48-52,54,56-59H2,1-2H3,(H,73,77)/b39-37+,47-45+,55-53+. The summed E-state index contributed by atoms with van der Waals surface area (Å²) in [7, 11) is 0. The van der Waals surface area contributed by atoms with E-state index in [0.29, 0.717) is 12.8 Å². The lowest BCUT2D eigenvalue weighted by Crippen LogP contribution is -2.65. The fourth-order valence-electron chi connectivity index (χ4n) is 12.0. The monoisotopic (exact) mass is 1220 g/mol. The van der Waals surface area contributed by atoms with E-state index in [2.05, 4.69) is 43.5 Å². The highest BCUT2D eigenvalue weighted by Crippen LogP contribution is 2.30. The Kier molecular flexibility index (Phi) is 53.4. The van der Waals surface area contributed by atoms with Gasteiger partial charge in [-0.15, -0.1) is 0 Å². The van der Waals surface area contributed by atoms with Gasteiger partial charge in [-0.1, -0.05) is 307 Å². The van der Waals surface area contributed by atoms with Crippen molar-refractivity contribution in [1.29, 1.82) is 0 Å². The molecule has 14 heteroatoms. The van der Waals surface area contributed by atoms with E-state index in [-0.39, 0.29) is 18.9 Å². The van der Waals surface area contributed by atoms with Crippen molar-refractivity contribution < 1.29 is 64.6 Å². The molecule has 0 spiro atoms. The second kappa shape index (κ2) is 57.1. The van der Waals surface area contributed by atoms with Crippen molar-refractivity contribution in [3.05, 3.63) is 36.5 Å². The molecule has 0 aromatic rings. The van der Waals surface area contributed by atoms with Crippen LogP contribution in [-0.2, 0) is 23.7 Å². The van der Waals surface area contributed by atoms with E-state index in [4.69, 9.17) is 18.9 Å². The Bertz CT molecular complexity index is 1580. The highest BCUT2D eigenvalue weighted by atomic mass is 16.7. The van der Waals surface area contributed by atoms with Crippen LogP contribution in [0.15, 0.2) is 36.5 Å². The van der Waals surface area contributed by atoms with Gasteiger partial charge in [-0.25, -0.2) is 0 Å². The van der Waals surface area contributed by atoms with Crippen LogP contribution < -0.4 is 5.32 Å². The first-order valence-corrected chi connectivity index (χ1v) is 36.2. The van der Waals surface area contributed by atoms with Gasteiger partial charge in [-0.3, -0.25) is 4.79 Å². The third-order valence-corrected chi connectivity index (χ3v) is 17.8. The van der Waals surface area contributed by atoms with Gasteiger partial charge >= 0.3 is 0 Å². The Hall–Kier alpha value is -1.79. The number of aliphatic hydroxyl groups excluding tert-OH is 8. The van der Waals surface area contributed by atoms with Gasteiger partial charge in [0.2, 0.25) is 5.91 Å². The number of hydrogen-bond donors (Lipinski definition) is 9. The van der Waals surface area contributed by atoms with Gasteiger partial charge in [-0.2, -0.15) is 0 Å². The average molecular weight is 1220 g/mol. The number of ether oxygens (including phenoxy) is 4. The largest absolute Gasteiger partial charge is 0.394 e. The van der Waals surface area contributed by atoms with Crippen LogP contribution in [0.1, 0.15) is 322 Å². The summed E-state index contributed by atoms with van der Waals surface area (Å²) in [6.07, 6.45) is 56.4. The molecule has 2 saturated heterocycles. The summed E-state index contributed by atoms with van der Waals surface area (Å²) in [5.74, 6) is -0.247.